The highest BCUT2D eigenvalue weighted by atomic mass is 32.2. The highest BCUT2D eigenvalue weighted by molar-refractivity contribution is 7.89. The fourth-order valence-corrected chi connectivity index (χ4v) is 3.51. The van der Waals surface area contributed by atoms with E-state index in [1.54, 1.807) is 6.92 Å². The Bertz CT molecular complexity index is 497. The Labute approximate surface area is 107 Å². The molecular formula is C11H19N3O3S. The molecule has 1 aromatic heterocycles. The van der Waals surface area contributed by atoms with Crippen molar-refractivity contribution in [2.24, 2.45) is 11.8 Å². The number of sulfonamides is 1. The van der Waals surface area contributed by atoms with E-state index < -0.39 is 10.0 Å². The van der Waals surface area contributed by atoms with Gasteiger partial charge in [0.15, 0.2) is 5.03 Å². The van der Waals surface area contributed by atoms with Crippen molar-refractivity contribution < 1.29 is 13.5 Å². The summed E-state index contributed by atoms with van der Waals surface area (Å²) in [6.45, 7) is 2.22. The number of nitrogens with zero attached hydrogens (tertiary/aromatic N) is 1. The first-order chi connectivity index (χ1) is 8.53. The summed E-state index contributed by atoms with van der Waals surface area (Å²) in [5, 5.41) is 9.29. The zero-order valence-electron chi connectivity index (χ0n) is 10.4. The Morgan fingerprint density at radius 3 is 2.83 bits per heavy atom. The molecule has 7 heteroatoms. The standard InChI is InChI=1S/C11H19N3O3S/c1-8-12-6-11(14-8)18(16,17)13-5-9-3-2-4-10(9)7-15/h6,9-10,13,15H,2-5,7H2,1H3,(H,12,14). The minimum Gasteiger partial charge on any atom is -0.396 e. The van der Waals surface area contributed by atoms with Crippen LogP contribution in [-0.4, -0.2) is 36.6 Å². The molecule has 1 aliphatic carbocycles. The summed E-state index contributed by atoms with van der Waals surface area (Å²) in [4.78, 5) is 6.59. The Morgan fingerprint density at radius 1 is 1.50 bits per heavy atom. The first-order valence-corrected chi connectivity index (χ1v) is 7.63. The number of nitrogens with one attached hydrogen (secondary N) is 2. The van der Waals surface area contributed by atoms with Gasteiger partial charge in [-0.05, 0) is 31.6 Å². The van der Waals surface area contributed by atoms with Gasteiger partial charge in [-0.2, -0.15) is 0 Å². The second-order valence-electron chi connectivity index (χ2n) is 4.82. The van der Waals surface area contributed by atoms with Crippen molar-refractivity contribution >= 4 is 10.0 Å². The number of aliphatic hydroxyl groups excluding tert-OH is 1. The summed E-state index contributed by atoms with van der Waals surface area (Å²) in [6.07, 6.45) is 4.32. The molecule has 0 spiro atoms. The maximum Gasteiger partial charge on any atom is 0.257 e. The van der Waals surface area contributed by atoms with Gasteiger partial charge < -0.3 is 10.1 Å². The monoisotopic (exact) mass is 273 g/mol. The second-order valence-corrected chi connectivity index (χ2v) is 6.55. The smallest absolute Gasteiger partial charge is 0.257 e. The molecule has 2 rings (SSSR count). The van der Waals surface area contributed by atoms with Gasteiger partial charge in [0.25, 0.3) is 10.0 Å². The zero-order chi connectivity index (χ0) is 13.2. The van der Waals surface area contributed by atoms with E-state index in [1.807, 2.05) is 0 Å². The number of aromatic nitrogens is 2. The summed E-state index contributed by atoms with van der Waals surface area (Å²) in [6, 6.07) is 0. The third-order valence-corrected chi connectivity index (χ3v) is 4.89. The van der Waals surface area contributed by atoms with Crippen LogP contribution < -0.4 is 4.72 Å². The van der Waals surface area contributed by atoms with Crippen LogP contribution in [0.5, 0.6) is 0 Å². The molecule has 102 valence electrons. The summed E-state index contributed by atoms with van der Waals surface area (Å²) in [5.74, 6) is 1.02. The molecule has 1 aromatic rings. The molecular weight excluding hydrogens is 254 g/mol. The average molecular weight is 273 g/mol. The summed E-state index contributed by atoms with van der Waals surface area (Å²) >= 11 is 0. The van der Waals surface area contributed by atoms with E-state index in [2.05, 4.69) is 14.7 Å². The normalized spacial score (nSPS) is 24.6. The summed E-state index contributed by atoms with van der Waals surface area (Å²) < 4.78 is 26.5. The van der Waals surface area contributed by atoms with Gasteiger partial charge in [0, 0.05) is 13.2 Å². The lowest BCUT2D eigenvalue weighted by molar-refractivity contribution is 0.195. The molecule has 18 heavy (non-hydrogen) atoms. The van der Waals surface area contributed by atoms with Crippen molar-refractivity contribution in [3.05, 3.63) is 12.0 Å². The van der Waals surface area contributed by atoms with E-state index in [-0.39, 0.29) is 23.5 Å². The maximum absolute atomic E-state index is 12.0. The van der Waals surface area contributed by atoms with E-state index in [0.717, 1.165) is 19.3 Å². The third kappa shape index (κ3) is 2.90. The molecule has 0 bridgehead atoms. The third-order valence-electron chi connectivity index (χ3n) is 3.56. The molecule has 0 amide bonds. The van der Waals surface area contributed by atoms with Gasteiger partial charge in [-0.3, -0.25) is 0 Å². The molecule has 6 nitrogen and oxygen atoms in total. The topological polar surface area (TPSA) is 95.1 Å². The Kier molecular flexibility index (Phi) is 4.04. The number of aliphatic hydroxyl groups is 1. The molecule has 1 fully saturated rings. The van der Waals surface area contributed by atoms with Crippen molar-refractivity contribution in [3.8, 4) is 0 Å². The van der Waals surface area contributed by atoms with Crippen LogP contribution in [0.15, 0.2) is 11.2 Å². The first kappa shape index (κ1) is 13.5. The molecule has 0 saturated heterocycles. The van der Waals surface area contributed by atoms with E-state index in [4.69, 9.17) is 0 Å². The lowest BCUT2D eigenvalue weighted by Crippen LogP contribution is -2.32. The van der Waals surface area contributed by atoms with Crippen LogP contribution in [0.4, 0.5) is 0 Å². The molecule has 1 saturated carbocycles. The first-order valence-electron chi connectivity index (χ1n) is 6.15. The van der Waals surface area contributed by atoms with Crippen molar-refractivity contribution in [3.63, 3.8) is 0 Å². The highest BCUT2D eigenvalue weighted by Gasteiger charge is 2.28. The Balaban J connectivity index is 1.97. The van der Waals surface area contributed by atoms with Crippen LogP contribution in [0.25, 0.3) is 0 Å². The van der Waals surface area contributed by atoms with Gasteiger partial charge in [0.2, 0.25) is 0 Å². The quantitative estimate of drug-likeness (QED) is 0.724. The molecule has 3 N–H and O–H groups in total. The second kappa shape index (κ2) is 5.38. The van der Waals surface area contributed by atoms with Crippen LogP contribution in [0.1, 0.15) is 25.1 Å². The number of hydrogen-bond donors (Lipinski definition) is 3. The predicted molar refractivity (Wildman–Crippen MR) is 66.4 cm³/mol. The minimum absolute atomic E-state index is 0.0959. The van der Waals surface area contributed by atoms with Gasteiger partial charge in [0.05, 0.1) is 6.20 Å². The fourth-order valence-electron chi connectivity index (χ4n) is 2.45. The molecule has 1 aliphatic rings. The fraction of sp³-hybridized carbons (Fsp3) is 0.727. The van der Waals surface area contributed by atoms with E-state index in [9.17, 15) is 13.5 Å². The van der Waals surface area contributed by atoms with Gasteiger partial charge in [-0.15, -0.1) is 0 Å². The van der Waals surface area contributed by atoms with Crippen LogP contribution in [-0.2, 0) is 10.0 Å². The number of rotatable bonds is 5. The zero-order valence-corrected chi connectivity index (χ0v) is 11.2. The minimum atomic E-state index is -3.51. The van der Waals surface area contributed by atoms with E-state index >= 15 is 0 Å². The molecule has 2 atom stereocenters. The van der Waals surface area contributed by atoms with Gasteiger partial charge in [-0.25, -0.2) is 18.1 Å². The lowest BCUT2D eigenvalue weighted by atomic mass is 9.97. The molecule has 2 unspecified atom stereocenters. The number of aryl methyl sites for hydroxylation is 1. The van der Waals surface area contributed by atoms with Crippen molar-refractivity contribution in [2.75, 3.05) is 13.2 Å². The predicted octanol–water partition coefficient (Wildman–Crippen LogP) is 0.405. The van der Waals surface area contributed by atoms with Crippen molar-refractivity contribution in [2.45, 2.75) is 31.2 Å². The van der Waals surface area contributed by atoms with Gasteiger partial charge >= 0.3 is 0 Å². The highest BCUT2D eigenvalue weighted by Crippen LogP contribution is 2.30. The molecule has 0 aromatic carbocycles. The van der Waals surface area contributed by atoms with E-state index in [1.165, 1.54) is 6.20 Å². The molecule has 0 radical (unpaired) electrons. The maximum atomic E-state index is 12.0. The number of aromatic amines is 1. The van der Waals surface area contributed by atoms with Crippen molar-refractivity contribution in [1.82, 2.24) is 14.7 Å². The largest absolute Gasteiger partial charge is 0.396 e. The Morgan fingerprint density at radius 2 is 2.22 bits per heavy atom. The van der Waals surface area contributed by atoms with Crippen LogP contribution >= 0.6 is 0 Å². The van der Waals surface area contributed by atoms with Crippen LogP contribution in [0, 0.1) is 18.8 Å². The SMILES string of the molecule is Cc1ncc(S(=O)(=O)NCC2CCCC2CO)[nH]1. The van der Waals surface area contributed by atoms with Crippen LogP contribution in [0.2, 0.25) is 0 Å². The summed E-state index contributed by atoms with van der Waals surface area (Å²) in [7, 11) is -3.51. The van der Waals surface area contributed by atoms with Crippen LogP contribution in [0.3, 0.4) is 0 Å². The summed E-state index contributed by atoms with van der Waals surface area (Å²) in [5.41, 5.74) is 0. The Hall–Kier alpha value is -0.920. The van der Waals surface area contributed by atoms with E-state index in [0.29, 0.717) is 12.4 Å². The van der Waals surface area contributed by atoms with Gasteiger partial charge in [-0.1, -0.05) is 6.42 Å². The van der Waals surface area contributed by atoms with Crippen molar-refractivity contribution in [1.29, 1.82) is 0 Å². The average Bonchev–Trinajstić information content (AvgIpc) is 2.94. The lowest BCUT2D eigenvalue weighted by Gasteiger charge is -2.17. The number of H-pyrrole nitrogens is 1. The number of hydrogen-bond acceptors (Lipinski definition) is 4. The molecule has 0 aliphatic heterocycles. The number of imidazole rings is 1. The van der Waals surface area contributed by atoms with Gasteiger partial charge in [0.1, 0.15) is 5.82 Å². The molecule has 1 heterocycles.